The fourth-order valence-electron chi connectivity index (χ4n) is 3.74. The second kappa shape index (κ2) is 8.77. The molecule has 2 bridgehead atoms. The third-order valence-electron chi connectivity index (χ3n) is 5.02. The van der Waals surface area contributed by atoms with Crippen molar-refractivity contribution in [1.29, 1.82) is 0 Å². The lowest BCUT2D eigenvalue weighted by Gasteiger charge is -2.27. The van der Waals surface area contributed by atoms with Gasteiger partial charge in [-0.3, -0.25) is 4.79 Å². The van der Waals surface area contributed by atoms with Gasteiger partial charge in [-0.2, -0.15) is 11.8 Å². The molecule has 1 aromatic rings. The summed E-state index contributed by atoms with van der Waals surface area (Å²) in [6, 6.07) is 9.99. The number of thioether (sulfide) groups is 1. The van der Waals surface area contributed by atoms with Gasteiger partial charge in [0.25, 0.3) is 0 Å². The Morgan fingerprint density at radius 1 is 1.17 bits per heavy atom. The second-order valence-electron chi connectivity index (χ2n) is 6.67. The monoisotopic (exact) mass is 350 g/mol. The maximum atomic E-state index is 10.5. The van der Waals surface area contributed by atoms with E-state index in [1.165, 1.54) is 6.42 Å². The van der Waals surface area contributed by atoms with Crippen LogP contribution in [0.25, 0.3) is 0 Å². The van der Waals surface area contributed by atoms with Crippen molar-refractivity contribution < 1.29 is 19.4 Å². The van der Waals surface area contributed by atoms with Crippen molar-refractivity contribution in [2.24, 2.45) is 11.8 Å². The third-order valence-corrected chi connectivity index (χ3v) is 6.21. The standard InChI is InChI=1S/C19H26O4S/c20-19(21)8-4-5-11-24-13-16-15(17-9-10-18(16)23-17)12-22-14-6-2-1-3-7-14/h1-3,6-7,15-18H,4-5,8-13H2,(H,20,21). The van der Waals surface area contributed by atoms with Gasteiger partial charge in [0, 0.05) is 18.3 Å². The number of carboxylic acid groups (broad SMARTS) is 1. The summed E-state index contributed by atoms with van der Waals surface area (Å²) in [6.07, 6.45) is 5.12. The van der Waals surface area contributed by atoms with E-state index >= 15 is 0 Å². The molecule has 5 heteroatoms. The Balaban J connectivity index is 1.42. The van der Waals surface area contributed by atoms with Crippen LogP contribution in [0.1, 0.15) is 32.1 Å². The lowest BCUT2D eigenvalue weighted by atomic mass is 9.81. The van der Waals surface area contributed by atoms with Gasteiger partial charge >= 0.3 is 5.97 Å². The van der Waals surface area contributed by atoms with Crippen LogP contribution in [0, 0.1) is 11.8 Å². The largest absolute Gasteiger partial charge is 0.493 e. The molecule has 2 heterocycles. The molecule has 4 unspecified atom stereocenters. The van der Waals surface area contributed by atoms with Crippen LogP contribution in [0.2, 0.25) is 0 Å². The van der Waals surface area contributed by atoms with Gasteiger partial charge in [-0.1, -0.05) is 18.2 Å². The summed E-state index contributed by atoms with van der Waals surface area (Å²) in [5.74, 6) is 3.41. The minimum Gasteiger partial charge on any atom is -0.493 e. The fourth-order valence-corrected chi connectivity index (χ4v) is 5.05. The van der Waals surface area contributed by atoms with Gasteiger partial charge in [-0.25, -0.2) is 0 Å². The van der Waals surface area contributed by atoms with Crippen LogP contribution >= 0.6 is 11.8 Å². The maximum absolute atomic E-state index is 10.5. The lowest BCUT2D eigenvalue weighted by molar-refractivity contribution is -0.137. The van der Waals surface area contributed by atoms with Crippen LogP contribution in [0.15, 0.2) is 30.3 Å². The quantitative estimate of drug-likeness (QED) is 0.650. The highest BCUT2D eigenvalue weighted by atomic mass is 32.2. The first-order valence-corrected chi connectivity index (χ1v) is 10.0. The number of hydrogen-bond donors (Lipinski definition) is 1. The van der Waals surface area contributed by atoms with E-state index < -0.39 is 5.97 Å². The Labute approximate surface area is 147 Å². The van der Waals surface area contributed by atoms with Gasteiger partial charge in [0.05, 0.1) is 18.8 Å². The van der Waals surface area contributed by atoms with Crippen molar-refractivity contribution in [3.8, 4) is 5.75 Å². The van der Waals surface area contributed by atoms with Crippen LogP contribution in [0.4, 0.5) is 0 Å². The Kier molecular flexibility index (Phi) is 6.44. The second-order valence-corrected chi connectivity index (χ2v) is 7.82. The number of carboxylic acids is 1. The molecule has 2 saturated heterocycles. The Morgan fingerprint density at radius 3 is 2.67 bits per heavy atom. The first-order valence-electron chi connectivity index (χ1n) is 8.87. The number of benzene rings is 1. The molecule has 0 amide bonds. The molecule has 3 rings (SSSR count). The number of aliphatic carboxylic acids is 1. The van der Waals surface area contributed by atoms with Gasteiger partial charge in [-0.05, 0) is 49.3 Å². The smallest absolute Gasteiger partial charge is 0.303 e. The van der Waals surface area contributed by atoms with Crippen molar-refractivity contribution >= 4 is 17.7 Å². The Morgan fingerprint density at radius 2 is 1.92 bits per heavy atom. The van der Waals surface area contributed by atoms with E-state index in [1.807, 2.05) is 42.1 Å². The number of hydrogen-bond acceptors (Lipinski definition) is 4. The highest BCUT2D eigenvalue weighted by Gasteiger charge is 2.48. The number of fused-ring (bicyclic) bond motifs is 2. The Bertz CT molecular complexity index is 521. The van der Waals surface area contributed by atoms with E-state index in [-0.39, 0.29) is 6.42 Å². The predicted molar refractivity (Wildman–Crippen MR) is 95.6 cm³/mol. The zero-order chi connectivity index (χ0) is 16.8. The highest BCUT2D eigenvalue weighted by molar-refractivity contribution is 7.99. The zero-order valence-corrected chi connectivity index (χ0v) is 14.7. The van der Waals surface area contributed by atoms with Crippen LogP contribution in [-0.2, 0) is 9.53 Å². The number of rotatable bonds is 10. The van der Waals surface area contributed by atoms with Gasteiger partial charge in [0.2, 0.25) is 0 Å². The molecular weight excluding hydrogens is 324 g/mol. The lowest BCUT2D eigenvalue weighted by Crippen LogP contribution is -2.33. The van der Waals surface area contributed by atoms with Gasteiger partial charge in [0.1, 0.15) is 5.75 Å². The molecule has 0 aliphatic carbocycles. The molecule has 2 aliphatic rings. The van der Waals surface area contributed by atoms with E-state index in [0.717, 1.165) is 43.1 Å². The molecule has 4 atom stereocenters. The molecule has 0 saturated carbocycles. The minimum atomic E-state index is -0.695. The summed E-state index contributed by atoms with van der Waals surface area (Å²) >= 11 is 1.94. The van der Waals surface area contributed by atoms with Gasteiger partial charge in [-0.15, -0.1) is 0 Å². The van der Waals surface area contributed by atoms with Crippen LogP contribution in [-0.4, -0.2) is 41.4 Å². The number of ether oxygens (including phenoxy) is 2. The third kappa shape index (κ3) is 4.67. The first-order chi connectivity index (χ1) is 11.7. The van der Waals surface area contributed by atoms with E-state index in [2.05, 4.69) is 0 Å². The summed E-state index contributed by atoms with van der Waals surface area (Å²) in [5, 5.41) is 8.66. The normalized spacial score (nSPS) is 28.2. The fraction of sp³-hybridized carbons (Fsp3) is 0.632. The van der Waals surface area contributed by atoms with E-state index in [1.54, 1.807) is 0 Å². The average molecular weight is 350 g/mol. The van der Waals surface area contributed by atoms with E-state index in [0.29, 0.717) is 24.0 Å². The summed E-state index contributed by atoms with van der Waals surface area (Å²) in [4.78, 5) is 10.5. The number of para-hydroxylation sites is 1. The molecule has 0 spiro atoms. The average Bonchev–Trinajstić information content (AvgIpc) is 3.18. The summed E-state index contributed by atoms with van der Waals surface area (Å²) in [5.41, 5.74) is 0. The minimum absolute atomic E-state index is 0.283. The Hall–Kier alpha value is -1.20. The molecule has 1 N–H and O–H groups in total. The molecule has 4 nitrogen and oxygen atoms in total. The molecule has 2 fully saturated rings. The van der Waals surface area contributed by atoms with Crippen molar-refractivity contribution in [3.63, 3.8) is 0 Å². The van der Waals surface area contributed by atoms with E-state index in [4.69, 9.17) is 14.6 Å². The van der Waals surface area contributed by atoms with Crippen molar-refractivity contribution in [2.75, 3.05) is 18.1 Å². The van der Waals surface area contributed by atoms with Gasteiger partial charge < -0.3 is 14.6 Å². The van der Waals surface area contributed by atoms with Crippen LogP contribution in [0.3, 0.4) is 0 Å². The van der Waals surface area contributed by atoms with Gasteiger partial charge in [0.15, 0.2) is 0 Å². The van der Waals surface area contributed by atoms with Crippen LogP contribution in [0.5, 0.6) is 5.75 Å². The predicted octanol–water partition coefficient (Wildman–Crippen LogP) is 3.85. The summed E-state index contributed by atoms with van der Waals surface area (Å²) < 4.78 is 12.1. The van der Waals surface area contributed by atoms with Crippen molar-refractivity contribution in [2.45, 2.75) is 44.3 Å². The SMILES string of the molecule is O=C(O)CCCCSCC1C2CCC(O2)C1COc1ccccc1. The summed E-state index contributed by atoms with van der Waals surface area (Å²) in [6.45, 7) is 0.732. The maximum Gasteiger partial charge on any atom is 0.303 e. The highest BCUT2D eigenvalue weighted by Crippen LogP contribution is 2.45. The number of carbonyl (C=O) groups is 1. The molecule has 24 heavy (non-hydrogen) atoms. The molecular formula is C19H26O4S. The first kappa shape index (κ1) is 17.6. The van der Waals surface area contributed by atoms with E-state index in [9.17, 15) is 4.79 Å². The van der Waals surface area contributed by atoms with Crippen molar-refractivity contribution in [1.82, 2.24) is 0 Å². The zero-order valence-electron chi connectivity index (χ0n) is 13.9. The molecule has 132 valence electrons. The molecule has 0 aromatic heterocycles. The topological polar surface area (TPSA) is 55.8 Å². The molecule has 2 aliphatic heterocycles. The molecule has 0 radical (unpaired) electrons. The number of unbranched alkanes of at least 4 members (excludes halogenated alkanes) is 1. The van der Waals surface area contributed by atoms with Crippen molar-refractivity contribution in [3.05, 3.63) is 30.3 Å². The summed E-state index contributed by atoms with van der Waals surface area (Å²) in [7, 11) is 0. The molecule has 1 aromatic carbocycles. The van der Waals surface area contributed by atoms with Crippen LogP contribution < -0.4 is 4.74 Å².